The van der Waals surface area contributed by atoms with E-state index in [0.717, 1.165) is 55.8 Å². The summed E-state index contributed by atoms with van der Waals surface area (Å²) >= 11 is 0. The van der Waals surface area contributed by atoms with E-state index in [2.05, 4.69) is 26.8 Å². The molecule has 0 bridgehead atoms. The van der Waals surface area contributed by atoms with Crippen LogP contribution in [0.3, 0.4) is 0 Å². The van der Waals surface area contributed by atoms with E-state index in [-0.39, 0.29) is 0 Å². The van der Waals surface area contributed by atoms with E-state index in [1.807, 2.05) is 6.07 Å². The van der Waals surface area contributed by atoms with Crippen molar-refractivity contribution in [3.8, 4) is 5.75 Å². The molecule has 0 aliphatic heterocycles. The molecule has 0 radical (unpaired) electrons. The van der Waals surface area contributed by atoms with Crippen molar-refractivity contribution in [2.24, 2.45) is 0 Å². The standard InChI is InChI=1S/C63H120O4/c1-4-7-10-13-16-19-22-25-28-31-34-37-40-43-46-49-54-65-57-60-52-53-63(64)62(59-67-56-51-48-45-42-39-36-33-30-27-24-21-18-15-12-9-6-3)61(60)58-66-55-50-47-44-41-38-35-32-29-26-23-20-17-14-11-8-5-2/h52-53,64H,4-51,54-59H2,1-3H3. The van der Waals surface area contributed by atoms with Gasteiger partial charge in [0.1, 0.15) is 5.75 Å². The van der Waals surface area contributed by atoms with E-state index in [1.165, 1.54) is 289 Å². The Morgan fingerprint density at radius 2 is 0.463 bits per heavy atom. The lowest BCUT2D eigenvalue weighted by Crippen LogP contribution is -2.08. The largest absolute Gasteiger partial charge is 0.508 e. The molecule has 1 N–H and O–H groups in total. The van der Waals surface area contributed by atoms with Gasteiger partial charge in [-0.1, -0.05) is 316 Å². The second-order valence-corrected chi connectivity index (χ2v) is 21.3. The van der Waals surface area contributed by atoms with Gasteiger partial charge >= 0.3 is 0 Å². The smallest absolute Gasteiger partial charge is 0.121 e. The maximum Gasteiger partial charge on any atom is 0.121 e. The average molecular weight is 942 g/mol. The Hall–Kier alpha value is -1.10. The Bertz CT molecular complexity index is 1090. The molecule has 0 saturated carbocycles. The van der Waals surface area contributed by atoms with Crippen LogP contribution in [0.2, 0.25) is 0 Å². The lowest BCUT2D eigenvalue weighted by atomic mass is 10.0. The molecule has 0 aromatic heterocycles. The summed E-state index contributed by atoms with van der Waals surface area (Å²) in [6, 6.07) is 3.90. The third kappa shape index (κ3) is 44.6. The molecule has 0 heterocycles. The van der Waals surface area contributed by atoms with Crippen molar-refractivity contribution < 1.29 is 19.3 Å². The molecule has 0 aliphatic carbocycles. The minimum absolute atomic E-state index is 0.328. The molecule has 396 valence electrons. The second-order valence-electron chi connectivity index (χ2n) is 21.3. The number of aromatic hydroxyl groups is 1. The number of hydrogen-bond acceptors (Lipinski definition) is 4. The SMILES string of the molecule is CCCCCCCCCCCCCCCCCCOCc1ccc(O)c(COCCCCCCCCCCCCCCCCCC)c1COCCCCCCCCCCCCCCCCCC. The van der Waals surface area contributed by atoms with Gasteiger partial charge in [0, 0.05) is 25.4 Å². The van der Waals surface area contributed by atoms with Crippen LogP contribution in [0.4, 0.5) is 0 Å². The molecule has 0 unspecified atom stereocenters. The highest BCUT2D eigenvalue weighted by molar-refractivity contribution is 5.43. The first-order valence-corrected chi connectivity index (χ1v) is 30.8. The van der Waals surface area contributed by atoms with Gasteiger partial charge in [-0.25, -0.2) is 0 Å². The van der Waals surface area contributed by atoms with Crippen LogP contribution < -0.4 is 0 Å². The van der Waals surface area contributed by atoms with Crippen LogP contribution in [0.25, 0.3) is 0 Å². The van der Waals surface area contributed by atoms with Gasteiger partial charge in [-0.3, -0.25) is 0 Å². The first-order valence-electron chi connectivity index (χ1n) is 30.8. The third-order valence-electron chi connectivity index (χ3n) is 14.7. The molecule has 0 amide bonds. The van der Waals surface area contributed by atoms with E-state index in [1.54, 1.807) is 0 Å². The Kier molecular flexibility index (Phi) is 51.7. The topological polar surface area (TPSA) is 47.9 Å². The molecule has 0 spiro atoms. The van der Waals surface area contributed by atoms with Crippen LogP contribution in [0, 0.1) is 0 Å². The van der Waals surface area contributed by atoms with Crippen molar-refractivity contribution >= 4 is 0 Å². The molecule has 0 aliphatic rings. The monoisotopic (exact) mass is 941 g/mol. The third-order valence-corrected chi connectivity index (χ3v) is 14.7. The predicted octanol–water partition coefficient (Wildman–Crippen LogP) is 21.7. The molecule has 1 rings (SSSR count). The van der Waals surface area contributed by atoms with E-state index in [0.29, 0.717) is 25.6 Å². The lowest BCUT2D eigenvalue weighted by molar-refractivity contribution is 0.0945. The fourth-order valence-corrected chi connectivity index (χ4v) is 9.99. The summed E-state index contributed by atoms with van der Waals surface area (Å²) < 4.78 is 18.9. The van der Waals surface area contributed by atoms with E-state index in [4.69, 9.17) is 14.2 Å². The van der Waals surface area contributed by atoms with Gasteiger partial charge in [0.2, 0.25) is 0 Å². The first-order chi connectivity index (χ1) is 33.2. The van der Waals surface area contributed by atoms with Crippen LogP contribution in [0.1, 0.15) is 346 Å². The number of rotatable bonds is 57. The molecule has 1 aromatic rings. The van der Waals surface area contributed by atoms with Crippen LogP contribution in [-0.4, -0.2) is 24.9 Å². The molecular formula is C63H120O4. The van der Waals surface area contributed by atoms with Crippen molar-refractivity contribution in [1.29, 1.82) is 0 Å². The van der Waals surface area contributed by atoms with Crippen molar-refractivity contribution in [1.82, 2.24) is 0 Å². The Balaban J connectivity index is 2.34. The summed E-state index contributed by atoms with van der Waals surface area (Å²) in [6.45, 7) is 10.7. The summed E-state index contributed by atoms with van der Waals surface area (Å²) in [4.78, 5) is 0. The molecule has 67 heavy (non-hydrogen) atoms. The fourth-order valence-electron chi connectivity index (χ4n) is 9.99. The molecule has 4 nitrogen and oxygen atoms in total. The number of hydrogen-bond donors (Lipinski definition) is 1. The van der Waals surface area contributed by atoms with Crippen molar-refractivity contribution in [3.63, 3.8) is 0 Å². The zero-order chi connectivity index (χ0) is 48.0. The van der Waals surface area contributed by atoms with E-state index < -0.39 is 0 Å². The van der Waals surface area contributed by atoms with Gasteiger partial charge in [-0.05, 0) is 36.5 Å². The summed E-state index contributed by atoms with van der Waals surface area (Å²) in [6.07, 6.45) is 66.2. The van der Waals surface area contributed by atoms with Crippen LogP contribution in [-0.2, 0) is 34.0 Å². The maximum absolute atomic E-state index is 11.1. The minimum atomic E-state index is 0.328. The number of benzene rings is 1. The Morgan fingerprint density at radius 1 is 0.254 bits per heavy atom. The highest BCUT2D eigenvalue weighted by Gasteiger charge is 2.15. The molecule has 0 fully saturated rings. The summed E-state index contributed by atoms with van der Waals surface area (Å²) in [5, 5.41) is 11.1. The van der Waals surface area contributed by atoms with E-state index >= 15 is 0 Å². The quantitative estimate of drug-likeness (QED) is 0.0661. The number of phenols is 1. The van der Waals surface area contributed by atoms with Gasteiger partial charge in [-0.2, -0.15) is 0 Å². The second kappa shape index (κ2) is 54.2. The Morgan fingerprint density at radius 3 is 0.716 bits per heavy atom. The zero-order valence-electron chi connectivity index (χ0n) is 46.0. The van der Waals surface area contributed by atoms with E-state index in [9.17, 15) is 5.11 Å². The fraction of sp³-hybridized carbons (Fsp3) is 0.905. The van der Waals surface area contributed by atoms with Gasteiger partial charge in [0.15, 0.2) is 0 Å². The average Bonchev–Trinajstić information content (AvgIpc) is 3.33. The van der Waals surface area contributed by atoms with Crippen molar-refractivity contribution in [2.45, 2.75) is 349 Å². The van der Waals surface area contributed by atoms with Gasteiger partial charge < -0.3 is 19.3 Å². The highest BCUT2D eigenvalue weighted by atomic mass is 16.5. The molecule has 0 saturated heterocycles. The molecular weight excluding hydrogens is 821 g/mol. The number of ether oxygens (including phenoxy) is 3. The summed E-state index contributed by atoms with van der Waals surface area (Å²) in [5.74, 6) is 0.328. The van der Waals surface area contributed by atoms with Gasteiger partial charge in [0.05, 0.1) is 19.8 Å². The predicted molar refractivity (Wildman–Crippen MR) is 296 cm³/mol. The molecule has 4 heteroatoms. The lowest BCUT2D eigenvalue weighted by Gasteiger charge is -2.17. The highest BCUT2D eigenvalue weighted by Crippen LogP contribution is 2.28. The van der Waals surface area contributed by atoms with Crippen LogP contribution in [0.15, 0.2) is 12.1 Å². The Labute approximate surface area is 420 Å². The van der Waals surface area contributed by atoms with Gasteiger partial charge in [0.25, 0.3) is 0 Å². The van der Waals surface area contributed by atoms with Gasteiger partial charge in [-0.15, -0.1) is 0 Å². The van der Waals surface area contributed by atoms with Crippen LogP contribution in [0.5, 0.6) is 5.75 Å². The normalized spacial score (nSPS) is 11.7. The van der Waals surface area contributed by atoms with Crippen molar-refractivity contribution in [3.05, 3.63) is 28.8 Å². The molecule has 1 aromatic carbocycles. The number of unbranched alkanes of at least 4 members (excludes halogenated alkanes) is 45. The first kappa shape index (κ1) is 63.9. The maximum atomic E-state index is 11.1. The summed E-state index contributed by atoms with van der Waals surface area (Å²) in [5.41, 5.74) is 3.12. The minimum Gasteiger partial charge on any atom is -0.508 e. The number of phenolic OH excluding ortho intramolecular Hbond substituents is 1. The van der Waals surface area contributed by atoms with Crippen molar-refractivity contribution in [2.75, 3.05) is 19.8 Å². The summed E-state index contributed by atoms with van der Waals surface area (Å²) in [7, 11) is 0. The molecule has 0 atom stereocenters. The zero-order valence-corrected chi connectivity index (χ0v) is 46.0. The van der Waals surface area contributed by atoms with Crippen LogP contribution >= 0.6 is 0 Å².